The summed E-state index contributed by atoms with van der Waals surface area (Å²) in [7, 11) is 0. The predicted molar refractivity (Wildman–Crippen MR) is 67.2 cm³/mol. The van der Waals surface area contributed by atoms with E-state index in [0.29, 0.717) is 4.90 Å². The van der Waals surface area contributed by atoms with Crippen molar-refractivity contribution in [3.63, 3.8) is 0 Å². The predicted octanol–water partition coefficient (Wildman–Crippen LogP) is 2.95. The molecule has 0 aromatic heterocycles. The van der Waals surface area contributed by atoms with E-state index >= 15 is 0 Å². The quantitative estimate of drug-likeness (QED) is 0.610. The Labute approximate surface area is 109 Å². The number of halogens is 1. The molecule has 0 fully saturated rings. The van der Waals surface area contributed by atoms with E-state index in [4.69, 9.17) is 0 Å². The molecule has 0 N–H and O–H groups in total. The summed E-state index contributed by atoms with van der Waals surface area (Å²) in [6.45, 7) is 0. The summed E-state index contributed by atoms with van der Waals surface area (Å²) in [5, 5.41) is 0. The van der Waals surface area contributed by atoms with Gasteiger partial charge in [0.2, 0.25) is 6.30 Å². The van der Waals surface area contributed by atoms with Crippen LogP contribution in [0.3, 0.4) is 0 Å². The molecule has 0 spiro atoms. The summed E-state index contributed by atoms with van der Waals surface area (Å²) in [6.07, 6.45) is -1.76. The third-order valence-corrected chi connectivity index (χ3v) is 3.13. The first-order valence-electron chi connectivity index (χ1n) is 5.86. The highest BCUT2D eigenvalue weighted by atomic mass is 18.2. The second kappa shape index (κ2) is 4.31. The molecule has 94 valence electrons. The summed E-state index contributed by atoms with van der Waals surface area (Å²) in [5.74, 6) is -1.17. The van der Waals surface area contributed by atoms with Crippen molar-refractivity contribution in [2.24, 2.45) is 0 Å². The molecular weight excluding hydrogens is 244 g/mol. The van der Waals surface area contributed by atoms with Crippen molar-refractivity contribution in [3.05, 3.63) is 71.3 Å². The minimum absolute atomic E-state index is 0.256. The zero-order valence-corrected chi connectivity index (χ0v) is 9.92. The molecule has 0 aliphatic carbocycles. The lowest BCUT2D eigenvalue weighted by molar-refractivity contribution is 0.0414. The van der Waals surface area contributed by atoms with Crippen LogP contribution < -0.4 is 0 Å². The Morgan fingerprint density at radius 3 is 1.79 bits per heavy atom. The summed E-state index contributed by atoms with van der Waals surface area (Å²) < 4.78 is 14.4. The first-order chi connectivity index (χ1) is 9.20. The smallest absolute Gasteiger partial charge is 0.264 e. The molecule has 1 unspecified atom stereocenters. The summed E-state index contributed by atoms with van der Waals surface area (Å²) in [4.78, 5) is 24.8. The number of nitrogens with zero attached hydrogens (tertiary/aromatic N) is 1. The average Bonchev–Trinajstić information content (AvgIpc) is 2.72. The van der Waals surface area contributed by atoms with Gasteiger partial charge in [-0.05, 0) is 12.1 Å². The van der Waals surface area contributed by atoms with Crippen molar-refractivity contribution in [2.45, 2.75) is 6.30 Å². The van der Waals surface area contributed by atoms with Gasteiger partial charge in [-0.25, -0.2) is 9.29 Å². The molecular formula is C15H10FNO2. The topological polar surface area (TPSA) is 37.4 Å². The van der Waals surface area contributed by atoms with Crippen LogP contribution in [0.4, 0.5) is 4.39 Å². The molecule has 1 heterocycles. The van der Waals surface area contributed by atoms with Gasteiger partial charge < -0.3 is 0 Å². The second-order valence-corrected chi connectivity index (χ2v) is 4.27. The van der Waals surface area contributed by atoms with Crippen LogP contribution >= 0.6 is 0 Å². The summed E-state index contributed by atoms with van der Waals surface area (Å²) >= 11 is 0. The van der Waals surface area contributed by atoms with E-state index in [1.165, 1.54) is 12.1 Å². The first kappa shape index (κ1) is 11.6. The van der Waals surface area contributed by atoms with E-state index in [0.717, 1.165) is 0 Å². The normalized spacial score (nSPS) is 15.5. The highest BCUT2D eigenvalue weighted by Gasteiger charge is 2.40. The summed E-state index contributed by atoms with van der Waals surface area (Å²) in [6, 6.07) is 14.6. The monoisotopic (exact) mass is 254 g/mol. The molecule has 4 heteroatoms. The van der Waals surface area contributed by atoms with Crippen molar-refractivity contribution in [1.82, 2.24) is 4.90 Å². The molecule has 0 bridgehead atoms. The molecule has 19 heavy (non-hydrogen) atoms. The number of benzene rings is 2. The highest BCUT2D eigenvalue weighted by molar-refractivity contribution is 6.21. The molecule has 2 aromatic rings. The maximum Gasteiger partial charge on any atom is 0.264 e. The van der Waals surface area contributed by atoms with Crippen molar-refractivity contribution in [3.8, 4) is 0 Å². The second-order valence-electron chi connectivity index (χ2n) is 4.27. The van der Waals surface area contributed by atoms with Gasteiger partial charge in [-0.1, -0.05) is 42.5 Å². The SMILES string of the molecule is O=C1c2ccccc2C(=O)N1C([18F])c1ccccc1. The molecule has 2 amide bonds. The Hall–Kier alpha value is -2.49. The maximum absolute atomic E-state index is 14.4. The number of alkyl halides is 1. The van der Waals surface area contributed by atoms with E-state index in [1.54, 1.807) is 42.5 Å². The van der Waals surface area contributed by atoms with Gasteiger partial charge in [0.1, 0.15) is 0 Å². The van der Waals surface area contributed by atoms with Crippen LogP contribution in [0.15, 0.2) is 54.6 Å². The number of hydrogen-bond donors (Lipinski definition) is 0. The molecule has 0 radical (unpaired) electrons. The lowest BCUT2D eigenvalue weighted by Gasteiger charge is -2.19. The average molecular weight is 254 g/mol. The Bertz CT molecular complexity index is 619. The number of rotatable bonds is 2. The molecule has 2 aromatic carbocycles. The number of imide groups is 1. The molecule has 0 saturated heterocycles. The van der Waals surface area contributed by atoms with Crippen LogP contribution in [0.5, 0.6) is 0 Å². The lowest BCUT2D eigenvalue weighted by atomic mass is 10.1. The Balaban J connectivity index is 2.01. The number of amides is 2. The fourth-order valence-corrected chi connectivity index (χ4v) is 2.17. The molecule has 1 aliphatic rings. The fourth-order valence-electron chi connectivity index (χ4n) is 2.17. The largest absolute Gasteiger partial charge is 0.268 e. The number of carbonyl (C=O) groups excluding carboxylic acids is 2. The minimum Gasteiger partial charge on any atom is -0.268 e. The van der Waals surface area contributed by atoms with E-state index in [1.807, 2.05) is 0 Å². The third kappa shape index (κ3) is 1.73. The molecule has 3 rings (SSSR count). The van der Waals surface area contributed by atoms with Crippen LogP contribution in [0, 0.1) is 0 Å². The van der Waals surface area contributed by atoms with E-state index in [-0.39, 0.29) is 16.7 Å². The molecule has 1 atom stereocenters. The summed E-state index contributed by atoms with van der Waals surface area (Å²) in [5.41, 5.74) is 0.800. The standard InChI is InChI=1S/C15H10FNO2/c16-13(10-6-2-1-3-7-10)17-14(18)11-8-4-5-9-12(11)15(17)19/h1-9,13H/i16-1. The van der Waals surface area contributed by atoms with Gasteiger partial charge in [0.05, 0.1) is 11.1 Å². The van der Waals surface area contributed by atoms with Crippen molar-refractivity contribution >= 4 is 11.8 Å². The van der Waals surface area contributed by atoms with Gasteiger partial charge in [0.15, 0.2) is 0 Å². The van der Waals surface area contributed by atoms with Crippen molar-refractivity contribution < 1.29 is 14.0 Å². The molecule has 1 aliphatic heterocycles. The van der Waals surface area contributed by atoms with Crippen LogP contribution in [0.1, 0.15) is 32.6 Å². The van der Waals surface area contributed by atoms with E-state index in [2.05, 4.69) is 0 Å². The minimum atomic E-state index is -1.76. The van der Waals surface area contributed by atoms with Crippen LogP contribution in [0.2, 0.25) is 0 Å². The van der Waals surface area contributed by atoms with Gasteiger partial charge in [-0.2, -0.15) is 0 Å². The van der Waals surface area contributed by atoms with Gasteiger partial charge in [0, 0.05) is 5.56 Å². The van der Waals surface area contributed by atoms with Gasteiger partial charge in [0.25, 0.3) is 11.8 Å². The maximum atomic E-state index is 14.4. The first-order valence-corrected chi connectivity index (χ1v) is 5.86. The Kier molecular flexibility index (Phi) is 2.63. The van der Waals surface area contributed by atoms with E-state index < -0.39 is 18.1 Å². The van der Waals surface area contributed by atoms with Crippen molar-refractivity contribution in [1.29, 1.82) is 0 Å². The fraction of sp³-hybridized carbons (Fsp3) is 0.0667. The van der Waals surface area contributed by atoms with Gasteiger partial charge >= 0.3 is 0 Å². The molecule has 3 nitrogen and oxygen atoms in total. The number of hydrogen-bond acceptors (Lipinski definition) is 2. The van der Waals surface area contributed by atoms with Crippen LogP contribution in [0.25, 0.3) is 0 Å². The zero-order chi connectivity index (χ0) is 13.4. The Morgan fingerprint density at radius 1 is 0.789 bits per heavy atom. The number of fused-ring (bicyclic) bond motifs is 1. The van der Waals surface area contributed by atoms with Crippen molar-refractivity contribution in [2.75, 3.05) is 0 Å². The van der Waals surface area contributed by atoms with Gasteiger partial charge in [-0.3, -0.25) is 9.59 Å². The van der Waals surface area contributed by atoms with E-state index in [9.17, 15) is 14.0 Å². The highest BCUT2D eigenvalue weighted by Crippen LogP contribution is 2.31. The Morgan fingerprint density at radius 2 is 1.26 bits per heavy atom. The third-order valence-electron chi connectivity index (χ3n) is 3.13. The molecule has 0 saturated carbocycles. The lowest BCUT2D eigenvalue weighted by Crippen LogP contribution is -2.31. The van der Waals surface area contributed by atoms with Crippen LogP contribution in [-0.2, 0) is 0 Å². The zero-order valence-electron chi connectivity index (χ0n) is 9.92. The van der Waals surface area contributed by atoms with Gasteiger partial charge in [-0.15, -0.1) is 0 Å². The van der Waals surface area contributed by atoms with Crippen LogP contribution in [-0.4, -0.2) is 16.7 Å². The number of carbonyl (C=O) groups is 2.